The summed E-state index contributed by atoms with van der Waals surface area (Å²) in [6, 6.07) is 12.4. The monoisotopic (exact) mass is 610 g/mol. The molecule has 2 rings (SSSR count). The normalized spacial score (nSPS) is 12.1. The second kappa shape index (κ2) is 16.3. The average molecular weight is 611 g/mol. The highest BCUT2D eigenvalue weighted by Gasteiger charge is 2.30. The fourth-order valence-electron chi connectivity index (χ4n) is 4.36. The second-order valence-corrected chi connectivity index (χ2v) is 15.6. The third kappa shape index (κ3) is 15.1. The van der Waals surface area contributed by atoms with Gasteiger partial charge >= 0.3 is 0 Å². The third-order valence-corrected chi connectivity index (χ3v) is 7.30. The van der Waals surface area contributed by atoms with Crippen molar-refractivity contribution in [2.75, 3.05) is 13.2 Å². The van der Waals surface area contributed by atoms with Crippen LogP contribution in [-0.2, 0) is 9.59 Å². The van der Waals surface area contributed by atoms with E-state index in [2.05, 4.69) is 74.7 Å². The zero-order chi connectivity index (χ0) is 33.9. The SMILES string of the molecule is Cc1ccc(C)c(OCCCC(C)(C)C(=O)NC(C)(C)C)c1.Cc1ccc(C)c(OCCCC(C)(C)C(=O)NC(C)(C)C)c1. The average Bonchev–Trinajstić information content (AvgIpc) is 2.86. The van der Waals surface area contributed by atoms with Crippen molar-refractivity contribution in [1.82, 2.24) is 10.6 Å². The first-order valence-corrected chi connectivity index (χ1v) is 16.1. The van der Waals surface area contributed by atoms with E-state index >= 15 is 0 Å². The Morgan fingerprint density at radius 3 is 1.18 bits per heavy atom. The lowest BCUT2D eigenvalue weighted by atomic mass is 9.86. The highest BCUT2D eigenvalue weighted by molar-refractivity contribution is 5.82. The van der Waals surface area contributed by atoms with Crippen molar-refractivity contribution < 1.29 is 19.1 Å². The van der Waals surface area contributed by atoms with Crippen LogP contribution in [0.5, 0.6) is 11.5 Å². The quantitative estimate of drug-likeness (QED) is 0.236. The summed E-state index contributed by atoms with van der Waals surface area (Å²) in [5, 5.41) is 6.11. The van der Waals surface area contributed by atoms with Crippen molar-refractivity contribution in [2.45, 2.75) is 134 Å². The van der Waals surface area contributed by atoms with Crippen molar-refractivity contribution in [3.8, 4) is 11.5 Å². The molecule has 0 aromatic heterocycles. The molecule has 2 aromatic rings. The Bertz CT molecular complexity index is 1120. The summed E-state index contributed by atoms with van der Waals surface area (Å²) in [6.07, 6.45) is 3.33. The first-order chi connectivity index (χ1) is 20.0. The summed E-state index contributed by atoms with van der Waals surface area (Å²) in [5.41, 5.74) is 3.56. The van der Waals surface area contributed by atoms with Crippen molar-refractivity contribution in [3.05, 3.63) is 58.7 Å². The smallest absolute Gasteiger partial charge is 0.226 e. The van der Waals surface area contributed by atoms with E-state index in [1.54, 1.807) is 0 Å². The molecule has 0 spiro atoms. The number of nitrogens with one attached hydrogen (secondary N) is 2. The number of carbonyl (C=O) groups excluding carboxylic acids is 2. The number of carbonyl (C=O) groups is 2. The van der Waals surface area contributed by atoms with Crippen molar-refractivity contribution in [2.24, 2.45) is 10.8 Å². The van der Waals surface area contributed by atoms with Crippen LogP contribution < -0.4 is 20.1 Å². The molecule has 2 aromatic carbocycles. The summed E-state index contributed by atoms with van der Waals surface area (Å²) in [6.45, 7) is 29.5. The molecule has 0 radical (unpaired) electrons. The number of benzene rings is 2. The fraction of sp³-hybridized carbons (Fsp3) is 0.632. The lowest BCUT2D eigenvalue weighted by Gasteiger charge is -2.29. The molecule has 0 fully saturated rings. The van der Waals surface area contributed by atoms with E-state index < -0.39 is 0 Å². The maximum atomic E-state index is 12.3. The number of hydrogen-bond acceptors (Lipinski definition) is 4. The van der Waals surface area contributed by atoms with Crippen LogP contribution in [0.25, 0.3) is 0 Å². The van der Waals surface area contributed by atoms with Crippen LogP contribution in [0.3, 0.4) is 0 Å². The van der Waals surface area contributed by atoms with Gasteiger partial charge in [0.15, 0.2) is 0 Å². The Morgan fingerprint density at radius 1 is 0.568 bits per heavy atom. The van der Waals surface area contributed by atoms with E-state index in [1.165, 1.54) is 11.1 Å². The molecule has 0 heterocycles. The van der Waals surface area contributed by atoms with Crippen molar-refractivity contribution in [1.29, 1.82) is 0 Å². The predicted molar refractivity (Wildman–Crippen MR) is 185 cm³/mol. The maximum Gasteiger partial charge on any atom is 0.226 e. The molecule has 0 unspecified atom stereocenters. The molecular formula is C38H62N2O4. The summed E-state index contributed by atoms with van der Waals surface area (Å²) >= 11 is 0. The topological polar surface area (TPSA) is 76.7 Å². The number of aryl methyl sites for hydroxylation is 4. The minimum atomic E-state index is -0.377. The second-order valence-electron chi connectivity index (χ2n) is 15.6. The molecule has 0 bridgehead atoms. The first kappa shape index (κ1) is 39.0. The molecule has 0 saturated carbocycles. The van der Waals surface area contributed by atoms with Crippen LogP contribution in [0.2, 0.25) is 0 Å². The Hall–Kier alpha value is -3.02. The van der Waals surface area contributed by atoms with Crippen LogP contribution in [-0.4, -0.2) is 36.1 Å². The van der Waals surface area contributed by atoms with Gasteiger partial charge in [-0.05, 0) is 129 Å². The van der Waals surface area contributed by atoms with E-state index in [1.807, 2.05) is 69.2 Å². The van der Waals surface area contributed by atoms with E-state index in [9.17, 15) is 9.59 Å². The van der Waals surface area contributed by atoms with Gasteiger partial charge in [-0.25, -0.2) is 0 Å². The molecule has 248 valence electrons. The van der Waals surface area contributed by atoms with Gasteiger partial charge in [-0.1, -0.05) is 52.0 Å². The Labute approximate surface area is 269 Å². The van der Waals surface area contributed by atoms with Gasteiger partial charge in [-0.2, -0.15) is 0 Å². The number of hydrogen-bond donors (Lipinski definition) is 2. The zero-order valence-electron chi connectivity index (χ0n) is 30.3. The highest BCUT2D eigenvalue weighted by Crippen LogP contribution is 2.26. The predicted octanol–water partition coefficient (Wildman–Crippen LogP) is 8.81. The van der Waals surface area contributed by atoms with E-state index in [0.29, 0.717) is 13.2 Å². The first-order valence-electron chi connectivity index (χ1n) is 16.1. The summed E-state index contributed by atoms with van der Waals surface area (Å²) in [7, 11) is 0. The van der Waals surface area contributed by atoms with Gasteiger partial charge in [-0.3, -0.25) is 9.59 Å². The van der Waals surface area contributed by atoms with E-state index in [4.69, 9.17) is 9.47 Å². The minimum Gasteiger partial charge on any atom is -0.493 e. The Kier molecular flexibility index (Phi) is 14.5. The molecule has 2 amide bonds. The Balaban J connectivity index is 0.000000440. The van der Waals surface area contributed by atoms with Crippen molar-refractivity contribution >= 4 is 11.8 Å². The van der Waals surface area contributed by atoms with Crippen molar-refractivity contribution in [3.63, 3.8) is 0 Å². The number of rotatable bonds is 12. The largest absolute Gasteiger partial charge is 0.493 e. The third-order valence-electron chi connectivity index (χ3n) is 7.30. The molecule has 0 saturated heterocycles. The highest BCUT2D eigenvalue weighted by atomic mass is 16.5. The molecular weight excluding hydrogens is 548 g/mol. The van der Waals surface area contributed by atoms with Crippen LogP contribution in [0.4, 0.5) is 0 Å². The summed E-state index contributed by atoms with van der Waals surface area (Å²) in [4.78, 5) is 24.6. The molecule has 44 heavy (non-hydrogen) atoms. The molecule has 0 aliphatic rings. The molecule has 0 atom stereocenters. The van der Waals surface area contributed by atoms with Gasteiger partial charge in [0.2, 0.25) is 11.8 Å². The minimum absolute atomic E-state index is 0.103. The molecule has 0 aliphatic heterocycles. The summed E-state index contributed by atoms with van der Waals surface area (Å²) in [5.74, 6) is 2.09. The van der Waals surface area contributed by atoms with E-state index in [-0.39, 0.29) is 33.7 Å². The number of amides is 2. The van der Waals surface area contributed by atoms with E-state index in [0.717, 1.165) is 48.3 Å². The standard InChI is InChI=1S/2C19H31NO2/c2*1-14-9-10-15(2)16(13-14)22-12-8-11-19(6,7)17(21)20-18(3,4)5/h2*9-10,13H,8,11-12H2,1-7H3,(H,20,21). The molecule has 2 N–H and O–H groups in total. The maximum absolute atomic E-state index is 12.3. The van der Waals surface area contributed by atoms with Gasteiger partial charge in [0.25, 0.3) is 0 Å². The zero-order valence-corrected chi connectivity index (χ0v) is 30.3. The van der Waals surface area contributed by atoms with Crippen LogP contribution in [0, 0.1) is 38.5 Å². The van der Waals surface area contributed by atoms with Crippen LogP contribution in [0.1, 0.15) is 117 Å². The fourth-order valence-corrected chi connectivity index (χ4v) is 4.36. The van der Waals surface area contributed by atoms with Crippen LogP contribution in [0.15, 0.2) is 36.4 Å². The lowest BCUT2D eigenvalue weighted by Crippen LogP contribution is -2.47. The van der Waals surface area contributed by atoms with Crippen LogP contribution >= 0.6 is 0 Å². The van der Waals surface area contributed by atoms with Gasteiger partial charge in [0, 0.05) is 21.9 Å². The molecule has 6 nitrogen and oxygen atoms in total. The lowest BCUT2D eigenvalue weighted by molar-refractivity contribution is -0.132. The van der Waals surface area contributed by atoms with Gasteiger partial charge in [0.05, 0.1) is 13.2 Å². The van der Waals surface area contributed by atoms with Gasteiger partial charge < -0.3 is 20.1 Å². The Morgan fingerprint density at radius 2 is 0.886 bits per heavy atom. The number of ether oxygens (including phenoxy) is 2. The van der Waals surface area contributed by atoms with Gasteiger partial charge in [-0.15, -0.1) is 0 Å². The molecule has 6 heteroatoms. The van der Waals surface area contributed by atoms with Gasteiger partial charge in [0.1, 0.15) is 11.5 Å². The summed E-state index contributed by atoms with van der Waals surface area (Å²) < 4.78 is 11.7. The molecule has 0 aliphatic carbocycles.